The molecule has 2 aromatic carbocycles. The van der Waals surface area contributed by atoms with Crippen LogP contribution in [0.3, 0.4) is 0 Å². The topological polar surface area (TPSA) is 21.3 Å². The molecule has 2 nitrogen and oxygen atoms in total. The average Bonchev–Trinajstić information content (AvgIpc) is 2.83. The van der Waals surface area contributed by atoms with Crippen LogP contribution in [0.1, 0.15) is 17.2 Å². The fourth-order valence-electron chi connectivity index (χ4n) is 2.45. The predicted octanol–water partition coefficient (Wildman–Crippen LogP) is 4.43. The number of halogens is 4. The predicted molar refractivity (Wildman–Crippen MR) is 69.6 cm³/mol. The number of ether oxygens (including phenoxy) is 1. The average molecular weight is 297 g/mol. The largest absolute Gasteiger partial charge is 0.573 e. The van der Waals surface area contributed by atoms with Crippen LogP contribution in [0.4, 0.5) is 23.2 Å². The van der Waals surface area contributed by atoms with E-state index in [1.807, 2.05) is 6.07 Å². The second kappa shape index (κ2) is 4.95. The highest BCUT2D eigenvalue weighted by molar-refractivity contribution is 5.59. The van der Waals surface area contributed by atoms with Crippen molar-refractivity contribution in [2.24, 2.45) is 0 Å². The molecule has 0 amide bonds. The molecule has 0 spiro atoms. The van der Waals surface area contributed by atoms with E-state index in [1.165, 1.54) is 18.2 Å². The first-order valence-electron chi connectivity index (χ1n) is 6.32. The molecule has 0 aliphatic carbocycles. The van der Waals surface area contributed by atoms with Gasteiger partial charge in [-0.1, -0.05) is 24.3 Å². The number of anilines is 1. The van der Waals surface area contributed by atoms with Crippen LogP contribution >= 0.6 is 0 Å². The van der Waals surface area contributed by atoms with Crippen molar-refractivity contribution in [3.05, 3.63) is 59.4 Å². The molecule has 21 heavy (non-hydrogen) atoms. The summed E-state index contributed by atoms with van der Waals surface area (Å²) in [4.78, 5) is 0. The van der Waals surface area contributed by atoms with Gasteiger partial charge in [-0.25, -0.2) is 4.39 Å². The molecule has 3 rings (SSSR count). The van der Waals surface area contributed by atoms with Gasteiger partial charge in [-0.3, -0.25) is 0 Å². The molecule has 110 valence electrons. The first-order valence-corrected chi connectivity index (χ1v) is 6.32. The third-order valence-corrected chi connectivity index (χ3v) is 3.36. The zero-order valence-corrected chi connectivity index (χ0v) is 10.7. The third kappa shape index (κ3) is 2.94. The first kappa shape index (κ1) is 13.7. The lowest BCUT2D eigenvalue weighted by Crippen LogP contribution is -2.17. The molecule has 1 aliphatic heterocycles. The maximum absolute atomic E-state index is 13.6. The van der Waals surface area contributed by atoms with Crippen molar-refractivity contribution < 1.29 is 22.3 Å². The molecule has 0 aromatic heterocycles. The van der Waals surface area contributed by atoms with Gasteiger partial charge in [0.2, 0.25) is 0 Å². The van der Waals surface area contributed by atoms with E-state index in [-0.39, 0.29) is 17.6 Å². The van der Waals surface area contributed by atoms with Crippen LogP contribution in [0.5, 0.6) is 5.75 Å². The van der Waals surface area contributed by atoms with Crippen molar-refractivity contribution >= 4 is 5.69 Å². The molecular weight excluding hydrogens is 286 g/mol. The standard InChI is InChI=1S/C15H11F4NO/c16-12-3-1-2-10-8-13(20-14(10)12)9-4-6-11(7-5-9)21-15(17,18)19/h1-7,13,20H,8H2. The number of nitrogens with one attached hydrogen (secondary N) is 1. The van der Waals surface area contributed by atoms with Gasteiger partial charge in [-0.05, 0) is 35.7 Å². The summed E-state index contributed by atoms with van der Waals surface area (Å²) in [7, 11) is 0. The van der Waals surface area contributed by atoms with Crippen LogP contribution in [-0.2, 0) is 6.42 Å². The summed E-state index contributed by atoms with van der Waals surface area (Å²) >= 11 is 0. The van der Waals surface area contributed by atoms with Gasteiger partial charge in [-0.15, -0.1) is 13.2 Å². The van der Waals surface area contributed by atoms with Gasteiger partial charge in [-0.2, -0.15) is 0 Å². The summed E-state index contributed by atoms with van der Waals surface area (Å²) in [6, 6.07) is 10.3. The minimum Gasteiger partial charge on any atom is -0.406 e. The lowest BCUT2D eigenvalue weighted by molar-refractivity contribution is -0.274. The number of alkyl halides is 3. The maximum atomic E-state index is 13.6. The highest BCUT2D eigenvalue weighted by Gasteiger charge is 2.31. The van der Waals surface area contributed by atoms with Gasteiger partial charge >= 0.3 is 6.36 Å². The number of para-hydroxylation sites is 1. The van der Waals surface area contributed by atoms with E-state index in [4.69, 9.17) is 0 Å². The molecule has 0 saturated carbocycles. The Kier molecular flexibility index (Phi) is 3.23. The summed E-state index contributed by atoms with van der Waals surface area (Å²) in [5, 5.41) is 3.05. The Morgan fingerprint density at radius 1 is 1.05 bits per heavy atom. The van der Waals surface area contributed by atoms with Crippen molar-refractivity contribution in [1.29, 1.82) is 0 Å². The fourth-order valence-corrected chi connectivity index (χ4v) is 2.45. The maximum Gasteiger partial charge on any atom is 0.573 e. The summed E-state index contributed by atoms with van der Waals surface area (Å²) in [6.45, 7) is 0. The first-order chi connectivity index (χ1) is 9.92. The van der Waals surface area contributed by atoms with Gasteiger partial charge in [0, 0.05) is 0 Å². The lowest BCUT2D eigenvalue weighted by atomic mass is 10.0. The summed E-state index contributed by atoms with van der Waals surface area (Å²) in [5.41, 5.74) is 2.09. The van der Waals surface area contributed by atoms with Gasteiger partial charge < -0.3 is 10.1 Å². The Morgan fingerprint density at radius 2 is 1.76 bits per heavy atom. The summed E-state index contributed by atoms with van der Waals surface area (Å²) < 4.78 is 53.7. The van der Waals surface area contributed by atoms with E-state index in [0.717, 1.165) is 11.1 Å². The Morgan fingerprint density at radius 3 is 2.38 bits per heavy atom. The van der Waals surface area contributed by atoms with Crippen LogP contribution in [0.25, 0.3) is 0 Å². The molecule has 1 atom stereocenters. The number of hydrogen-bond acceptors (Lipinski definition) is 2. The van der Waals surface area contributed by atoms with Crippen molar-refractivity contribution in [3.63, 3.8) is 0 Å². The van der Waals surface area contributed by atoms with Gasteiger partial charge in [0.25, 0.3) is 0 Å². The molecule has 1 aliphatic rings. The highest BCUT2D eigenvalue weighted by Crippen LogP contribution is 2.36. The van der Waals surface area contributed by atoms with E-state index in [0.29, 0.717) is 12.1 Å². The molecule has 1 N–H and O–H groups in total. The van der Waals surface area contributed by atoms with Gasteiger partial charge in [0.15, 0.2) is 0 Å². The van der Waals surface area contributed by atoms with Gasteiger partial charge in [0.1, 0.15) is 11.6 Å². The molecule has 2 aromatic rings. The van der Waals surface area contributed by atoms with E-state index >= 15 is 0 Å². The second-order valence-electron chi connectivity index (χ2n) is 4.79. The third-order valence-electron chi connectivity index (χ3n) is 3.36. The van der Waals surface area contributed by atoms with E-state index in [9.17, 15) is 17.6 Å². The Labute approximate surface area is 118 Å². The van der Waals surface area contributed by atoms with E-state index < -0.39 is 6.36 Å². The Bertz CT molecular complexity index is 652. The number of hydrogen-bond donors (Lipinski definition) is 1. The summed E-state index contributed by atoms with van der Waals surface area (Å²) in [5.74, 6) is -0.597. The lowest BCUT2D eigenvalue weighted by Gasteiger charge is -2.13. The molecular formula is C15H11F4NO. The molecule has 0 bridgehead atoms. The Hall–Kier alpha value is -2.24. The van der Waals surface area contributed by atoms with Crippen molar-refractivity contribution in [3.8, 4) is 5.75 Å². The fraction of sp³-hybridized carbons (Fsp3) is 0.200. The van der Waals surface area contributed by atoms with E-state index in [2.05, 4.69) is 10.1 Å². The second-order valence-corrected chi connectivity index (χ2v) is 4.79. The quantitative estimate of drug-likeness (QED) is 0.828. The normalized spacial score (nSPS) is 17.2. The minimum absolute atomic E-state index is 0.156. The minimum atomic E-state index is -4.70. The summed E-state index contributed by atoms with van der Waals surface area (Å²) in [6.07, 6.45) is -4.11. The zero-order chi connectivity index (χ0) is 15.0. The van der Waals surface area contributed by atoms with Crippen molar-refractivity contribution in [2.45, 2.75) is 18.8 Å². The highest BCUT2D eigenvalue weighted by atomic mass is 19.4. The number of fused-ring (bicyclic) bond motifs is 1. The van der Waals surface area contributed by atoms with Crippen LogP contribution in [-0.4, -0.2) is 6.36 Å². The number of benzene rings is 2. The van der Waals surface area contributed by atoms with Crippen molar-refractivity contribution in [1.82, 2.24) is 0 Å². The van der Waals surface area contributed by atoms with Crippen LogP contribution in [0.15, 0.2) is 42.5 Å². The molecule has 1 heterocycles. The zero-order valence-electron chi connectivity index (χ0n) is 10.7. The van der Waals surface area contributed by atoms with Crippen LogP contribution < -0.4 is 10.1 Å². The molecule has 6 heteroatoms. The Balaban J connectivity index is 1.76. The molecule has 1 unspecified atom stereocenters. The molecule has 0 fully saturated rings. The van der Waals surface area contributed by atoms with Crippen molar-refractivity contribution in [2.75, 3.05) is 5.32 Å². The molecule has 0 saturated heterocycles. The van der Waals surface area contributed by atoms with Gasteiger partial charge in [0.05, 0.1) is 11.7 Å². The molecule has 0 radical (unpaired) electrons. The SMILES string of the molecule is Fc1cccc2c1NC(c1ccc(OC(F)(F)F)cc1)C2. The number of rotatable bonds is 2. The smallest absolute Gasteiger partial charge is 0.406 e. The van der Waals surface area contributed by atoms with E-state index in [1.54, 1.807) is 18.2 Å². The van der Waals surface area contributed by atoms with Crippen LogP contribution in [0, 0.1) is 5.82 Å². The monoisotopic (exact) mass is 297 g/mol. The van der Waals surface area contributed by atoms with Crippen LogP contribution in [0.2, 0.25) is 0 Å².